The molecule has 0 aliphatic heterocycles. The molecule has 3 N–H and O–H groups in total. The molecule has 3 aromatic heterocycles. The molecule has 0 fully saturated rings. The van der Waals surface area contributed by atoms with E-state index in [0.29, 0.717) is 30.7 Å². The van der Waals surface area contributed by atoms with Crippen LogP contribution in [0.5, 0.6) is 0 Å². The van der Waals surface area contributed by atoms with Crippen molar-refractivity contribution in [2.24, 2.45) is 0 Å². The van der Waals surface area contributed by atoms with Gasteiger partial charge < -0.3 is 19.6 Å². The number of aromatic amines is 1. The number of H-pyrrole nitrogens is 1. The van der Waals surface area contributed by atoms with Crippen molar-refractivity contribution in [3.8, 4) is 11.6 Å². The summed E-state index contributed by atoms with van der Waals surface area (Å²) < 4.78 is 10.1. The van der Waals surface area contributed by atoms with E-state index in [1.807, 2.05) is 12.1 Å². The van der Waals surface area contributed by atoms with Gasteiger partial charge in [0, 0.05) is 31.3 Å². The quantitative estimate of drug-likeness (QED) is 0.182. The van der Waals surface area contributed by atoms with Gasteiger partial charge in [0.05, 0.1) is 11.5 Å². The topological polar surface area (TPSA) is 182 Å². The predicted octanol–water partition coefficient (Wildman–Crippen LogP) is 2.03. The Morgan fingerprint density at radius 3 is 2.76 bits per heavy atom. The lowest BCUT2D eigenvalue weighted by Crippen LogP contribution is -2.26. The van der Waals surface area contributed by atoms with Gasteiger partial charge in [-0.05, 0) is 18.6 Å². The van der Waals surface area contributed by atoms with Crippen molar-refractivity contribution in [3.05, 3.63) is 62.8 Å². The number of fused-ring (bicyclic) bond motifs is 1. The molecular weight excluding hydrogens is 434 g/mol. The second kappa shape index (κ2) is 9.72. The molecule has 0 aliphatic rings. The third-order valence-electron chi connectivity index (χ3n) is 4.69. The summed E-state index contributed by atoms with van der Waals surface area (Å²) in [6.07, 6.45) is 0.996. The number of aromatic nitrogens is 4. The number of rotatable bonds is 10. The van der Waals surface area contributed by atoms with Crippen LogP contribution in [-0.4, -0.2) is 44.3 Å². The summed E-state index contributed by atoms with van der Waals surface area (Å²) >= 11 is 0. The van der Waals surface area contributed by atoms with Gasteiger partial charge in [0.25, 0.3) is 5.56 Å². The van der Waals surface area contributed by atoms with Crippen molar-refractivity contribution in [2.45, 2.75) is 19.3 Å². The van der Waals surface area contributed by atoms with E-state index in [1.54, 1.807) is 12.1 Å². The van der Waals surface area contributed by atoms with Crippen LogP contribution >= 0.6 is 0 Å². The molecule has 4 aromatic rings. The Kier molecular flexibility index (Phi) is 6.38. The van der Waals surface area contributed by atoms with E-state index in [1.165, 1.54) is 12.1 Å². The van der Waals surface area contributed by atoms with Gasteiger partial charge >= 0.3 is 5.88 Å². The number of nitrogens with zero attached hydrogens (tertiary/aromatic N) is 4. The molecule has 0 saturated heterocycles. The van der Waals surface area contributed by atoms with Crippen LogP contribution in [-0.2, 0) is 11.2 Å². The summed E-state index contributed by atoms with van der Waals surface area (Å²) in [7, 11) is 0. The first-order valence-electron chi connectivity index (χ1n) is 10.1. The van der Waals surface area contributed by atoms with Gasteiger partial charge in [0.2, 0.25) is 17.6 Å². The van der Waals surface area contributed by atoms with Gasteiger partial charge in [-0.2, -0.15) is 10.1 Å². The Balaban J connectivity index is 1.19. The zero-order valence-corrected chi connectivity index (χ0v) is 17.2. The lowest BCUT2D eigenvalue weighted by Gasteiger charge is -2.08. The van der Waals surface area contributed by atoms with Crippen LogP contribution in [0.15, 0.2) is 50.1 Å². The number of amides is 1. The molecular formula is C20H19N7O6. The minimum absolute atomic E-state index is 0.0768. The molecule has 0 radical (unpaired) electrons. The Morgan fingerprint density at radius 2 is 1.97 bits per heavy atom. The number of aryl methyl sites for hydroxylation is 1. The Hall–Kier alpha value is -4.55. The summed E-state index contributed by atoms with van der Waals surface area (Å²) in [4.78, 5) is 38.0. The lowest BCUT2D eigenvalue weighted by atomic mass is 10.2. The third kappa shape index (κ3) is 5.20. The Bertz CT molecular complexity index is 1340. The number of furan rings is 1. The molecule has 0 bridgehead atoms. The number of carbonyl (C=O) groups is 1. The van der Waals surface area contributed by atoms with Crippen LogP contribution < -0.4 is 16.2 Å². The van der Waals surface area contributed by atoms with Gasteiger partial charge in [0.1, 0.15) is 4.92 Å². The molecule has 4 rings (SSSR count). The zero-order valence-electron chi connectivity index (χ0n) is 17.2. The summed E-state index contributed by atoms with van der Waals surface area (Å²) in [5.41, 5.74) is -0.248. The highest BCUT2D eigenvalue weighted by Gasteiger charge is 2.18. The van der Waals surface area contributed by atoms with Crippen molar-refractivity contribution in [2.75, 3.05) is 18.4 Å². The molecule has 0 atom stereocenters. The van der Waals surface area contributed by atoms with Crippen molar-refractivity contribution in [3.63, 3.8) is 0 Å². The van der Waals surface area contributed by atoms with Gasteiger partial charge in [-0.3, -0.25) is 19.7 Å². The fraction of sp³-hybridized carbons (Fsp3) is 0.250. The van der Waals surface area contributed by atoms with Crippen LogP contribution in [0, 0.1) is 10.1 Å². The predicted molar refractivity (Wildman–Crippen MR) is 115 cm³/mol. The molecule has 0 spiro atoms. The normalized spacial score (nSPS) is 10.9. The number of hydrogen-bond acceptors (Lipinski definition) is 10. The Labute approximate surface area is 185 Å². The molecule has 0 unspecified atom stereocenters. The van der Waals surface area contributed by atoms with Crippen molar-refractivity contribution >= 4 is 28.4 Å². The van der Waals surface area contributed by atoms with Gasteiger partial charge in [0.15, 0.2) is 11.6 Å². The largest absolute Gasteiger partial charge is 0.433 e. The van der Waals surface area contributed by atoms with Gasteiger partial charge in [-0.1, -0.05) is 23.4 Å². The molecule has 170 valence electrons. The first-order valence-corrected chi connectivity index (χ1v) is 10.1. The van der Waals surface area contributed by atoms with Crippen molar-refractivity contribution < 1.29 is 18.7 Å². The molecule has 3 heterocycles. The fourth-order valence-electron chi connectivity index (χ4n) is 3.08. The second-order valence-corrected chi connectivity index (χ2v) is 6.98. The zero-order chi connectivity index (χ0) is 23.2. The molecule has 1 aromatic carbocycles. The van der Waals surface area contributed by atoms with Crippen LogP contribution in [0.3, 0.4) is 0 Å². The van der Waals surface area contributed by atoms with Crippen LogP contribution in [0.1, 0.15) is 18.7 Å². The second-order valence-electron chi connectivity index (χ2n) is 6.98. The SMILES string of the molecule is O=C(CCc1nc(-c2ccc([N+](=O)[O-])o2)no1)NCCCNc1n[nH]c(=O)c2ccccc12. The van der Waals surface area contributed by atoms with Crippen molar-refractivity contribution in [1.82, 2.24) is 25.7 Å². The standard InChI is InChI=1S/C20H19N7O6/c28-15(7-8-16-23-19(26-33-16)14-6-9-17(32-14)27(30)31)21-10-3-11-22-18-12-4-1-2-5-13(12)20(29)25-24-18/h1-2,4-6,9H,3,7-8,10-11H2,(H,21,28)(H,22,24)(H,25,29). The number of nitrogens with one attached hydrogen (secondary N) is 3. The van der Waals surface area contributed by atoms with E-state index < -0.39 is 10.8 Å². The number of hydrogen-bond donors (Lipinski definition) is 3. The average molecular weight is 453 g/mol. The highest BCUT2D eigenvalue weighted by Crippen LogP contribution is 2.23. The Morgan fingerprint density at radius 1 is 1.15 bits per heavy atom. The first-order chi connectivity index (χ1) is 16.0. The average Bonchev–Trinajstić information content (AvgIpc) is 3.49. The molecule has 0 aliphatic carbocycles. The van der Waals surface area contributed by atoms with Gasteiger partial charge in [-0.15, -0.1) is 0 Å². The summed E-state index contributed by atoms with van der Waals surface area (Å²) in [5, 5.41) is 28.1. The first kappa shape index (κ1) is 21.7. The van der Waals surface area contributed by atoms with Gasteiger partial charge in [-0.25, -0.2) is 5.10 Å². The maximum absolute atomic E-state index is 12.0. The van der Waals surface area contributed by atoms with Crippen LogP contribution in [0.2, 0.25) is 0 Å². The van der Waals surface area contributed by atoms with E-state index in [9.17, 15) is 19.7 Å². The summed E-state index contributed by atoms with van der Waals surface area (Å²) in [6.45, 7) is 0.990. The van der Waals surface area contributed by atoms with E-state index in [0.717, 1.165) is 5.39 Å². The van der Waals surface area contributed by atoms with E-state index in [4.69, 9.17) is 8.94 Å². The highest BCUT2D eigenvalue weighted by atomic mass is 16.6. The molecule has 0 saturated carbocycles. The van der Waals surface area contributed by atoms with E-state index in [2.05, 4.69) is 31.0 Å². The monoisotopic (exact) mass is 453 g/mol. The summed E-state index contributed by atoms with van der Waals surface area (Å²) in [6, 6.07) is 9.74. The minimum Gasteiger partial charge on any atom is -0.397 e. The molecule has 33 heavy (non-hydrogen) atoms. The highest BCUT2D eigenvalue weighted by molar-refractivity contribution is 5.90. The van der Waals surface area contributed by atoms with Crippen LogP contribution in [0.25, 0.3) is 22.4 Å². The number of carbonyl (C=O) groups excluding carboxylic acids is 1. The van der Waals surface area contributed by atoms with Crippen molar-refractivity contribution in [1.29, 1.82) is 0 Å². The van der Waals surface area contributed by atoms with Crippen LogP contribution in [0.4, 0.5) is 11.7 Å². The lowest BCUT2D eigenvalue weighted by molar-refractivity contribution is -0.401. The maximum atomic E-state index is 12.0. The number of benzene rings is 1. The third-order valence-corrected chi connectivity index (χ3v) is 4.69. The number of nitro groups is 1. The minimum atomic E-state index is -0.663. The molecule has 13 heteroatoms. The maximum Gasteiger partial charge on any atom is 0.433 e. The fourth-order valence-corrected chi connectivity index (χ4v) is 3.08. The molecule has 1 amide bonds. The van der Waals surface area contributed by atoms with E-state index in [-0.39, 0.29) is 41.8 Å². The van der Waals surface area contributed by atoms with E-state index >= 15 is 0 Å². The number of anilines is 1. The molecule has 13 nitrogen and oxygen atoms in total. The summed E-state index contributed by atoms with van der Waals surface area (Å²) in [5.74, 6) is 0.375. The smallest absolute Gasteiger partial charge is 0.397 e.